The fourth-order valence-corrected chi connectivity index (χ4v) is 4.07. The Hall–Kier alpha value is -1.47. The number of rotatable bonds is 7. The zero-order valence-electron chi connectivity index (χ0n) is 15.3. The Labute approximate surface area is 155 Å². The van der Waals surface area contributed by atoms with E-state index in [9.17, 15) is 4.79 Å². The number of amides is 1. The van der Waals surface area contributed by atoms with Gasteiger partial charge in [-0.25, -0.2) is 5.43 Å². The smallest absolute Gasteiger partial charge is 0.246 e. The van der Waals surface area contributed by atoms with E-state index in [1.165, 1.54) is 19.3 Å². The summed E-state index contributed by atoms with van der Waals surface area (Å²) < 4.78 is 5.52. The Morgan fingerprint density at radius 1 is 1.12 bits per heavy atom. The number of nitrogens with zero attached hydrogens (tertiary/aromatic N) is 1. The van der Waals surface area contributed by atoms with Crippen LogP contribution in [0.2, 0.25) is 0 Å². The molecule has 1 aromatic rings. The molecular formula is C20H30N4O2. The van der Waals surface area contributed by atoms with Crippen LogP contribution in [0.15, 0.2) is 30.3 Å². The SMILES string of the molecule is O=C(COCc1ccccc1)NC1CCN(C2CC(C3CC3)NN2)CC1. The van der Waals surface area contributed by atoms with E-state index in [2.05, 4.69) is 21.1 Å². The summed E-state index contributed by atoms with van der Waals surface area (Å²) in [5, 5.41) is 3.13. The number of hydrogen-bond acceptors (Lipinski definition) is 5. The van der Waals surface area contributed by atoms with Gasteiger partial charge in [-0.3, -0.25) is 15.1 Å². The fourth-order valence-electron chi connectivity index (χ4n) is 4.07. The minimum Gasteiger partial charge on any atom is -0.367 e. The largest absolute Gasteiger partial charge is 0.367 e. The van der Waals surface area contributed by atoms with E-state index < -0.39 is 0 Å². The summed E-state index contributed by atoms with van der Waals surface area (Å²) in [6.45, 7) is 2.68. The molecule has 2 aliphatic heterocycles. The quantitative estimate of drug-likeness (QED) is 0.687. The molecule has 26 heavy (non-hydrogen) atoms. The van der Waals surface area contributed by atoms with Crippen LogP contribution in [0.4, 0.5) is 0 Å². The third-order valence-electron chi connectivity index (χ3n) is 5.78. The molecule has 0 bridgehead atoms. The van der Waals surface area contributed by atoms with E-state index in [-0.39, 0.29) is 18.6 Å². The zero-order chi connectivity index (χ0) is 17.8. The zero-order valence-corrected chi connectivity index (χ0v) is 15.3. The predicted octanol–water partition coefficient (Wildman–Crippen LogP) is 1.39. The highest BCUT2D eigenvalue weighted by molar-refractivity contribution is 5.77. The van der Waals surface area contributed by atoms with E-state index >= 15 is 0 Å². The van der Waals surface area contributed by atoms with Gasteiger partial charge in [-0.15, -0.1) is 0 Å². The molecule has 0 radical (unpaired) electrons. The number of carbonyl (C=O) groups is 1. The molecule has 2 saturated heterocycles. The summed E-state index contributed by atoms with van der Waals surface area (Å²) in [4.78, 5) is 14.6. The van der Waals surface area contributed by atoms with Crippen molar-refractivity contribution in [1.29, 1.82) is 0 Å². The lowest BCUT2D eigenvalue weighted by molar-refractivity contribution is -0.127. The van der Waals surface area contributed by atoms with Crippen LogP contribution in [-0.2, 0) is 16.1 Å². The van der Waals surface area contributed by atoms with Crippen molar-refractivity contribution in [2.45, 2.75) is 57.0 Å². The Kier molecular flexibility index (Phi) is 5.84. The summed E-state index contributed by atoms with van der Waals surface area (Å²) in [5.74, 6) is 0.883. The van der Waals surface area contributed by atoms with Crippen molar-refractivity contribution < 1.29 is 9.53 Å². The van der Waals surface area contributed by atoms with Crippen molar-refractivity contribution in [2.75, 3.05) is 19.7 Å². The number of likely N-dealkylation sites (tertiary alicyclic amines) is 1. The van der Waals surface area contributed by atoms with Gasteiger partial charge in [-0.05, 0) is 43.6 Å². The maximum Gasteiger partial charge on any atom is 0.246 e. The Morgan fingerprint density at radius 3 is 2.62 bits per heavy atom. The molecule has 6 heteroatoms. The lowest BCUT2D eigenvalue weighted by Gasteiger charge is -2.35. The summed E-state index contributed by atoms with van der Waals surface area (Å²) in [7, 11) is 0. The van der Waals surface area contributed by atoms with E-state index in [0.29, 0.717) is 18.8 Å². The molecule has 1 aromatic carbocycles. The van der Waals surface area contributed by atoms with Crippen LogP contribution < -0.4 is 16.2 Å². The Bertz CT molecular complexity index is 585. The average Bonchev–Trinajstić information content (AvgIpc) is 3.40. The number of piperidine rings is 1. The van der Waals surface area contributed by atoms with E-state index in [0.717, 1.165) is 37.4 Å². The molecule has 6 nitrogen and oxygen atoms in total. The minimum atomic E-state index is -0.00571. The molecule has 2 atom stereocenters. The number of hydrazine groups is 1. The molecule has 2 unspecified atom stereocenters. The van der Waals surface area contributed by atoms with Gasteiger partial charge in [0.25, 0.3) is 0 Å². The average molecular weight is 358 g/mol. The highest BCUT2D eigenvalue weighted by Gasteiger charge is 2.39. The Balaban J connectivity index is 1.12. The first-order valence-electron chi connectivity index (χ1n) is 9.94. The van der Waals surface area contributed by atoms with Gasteiger partial charge < -0.3 is 10.1 Å². The fraction of sp³-hybridized carbons (Fsp3) is 0.650. The minimum absolute atomic E-state index is 0.00571. The van der Waals surface area contributed by atoms with Crippen molar-refractivity contribution in [1.82, 2.24) is 21.1 Å². The molecule has 3 aliphatic rings. The second kappa shape index (κ2) is 8.48. The van der Waals surface area contributed by atoms with Gasteiger partial charge in [-0.1, -0.05) is 30.3 Å². The molecule has 1 saturated carbocycles. The van der Waals surface area contributed by atoms with Gasteiger partial charge in [0.1, 0.15) is 6.61 Å². The molecule has 1 aliphatic carbocycles. The van der Waals surface area contributed by atoms with Gasteiger partial charge in [0.05, 0.1) is 12.8 Å². The maximum absolute atomic E-state index is 12.1. The monoisotopic (exact) mass is 358 g/mol. The molecular weight excluding hydrogens is 328 g/mol. The molecule has 3 fully saturated rings. The first kappa shape index (κ1) is 17.9. The van der Waals surface area contributed by atoms with E-state index in [4.69, 9.17) is 4.74 Å². The first-order valence-corrected chi connectivity index (χ1v) is 9.94. The normalized spacial score (nSPS) is 27.5. The van der Waals surface area contributed by atoms with Gasteiger partial charge in [0, 0.05) is 25.2 Å². The van der Waals surface area contributed by atoms with Crippen LogP contribution in [0.3, 0.4) is 0 Å². The van der Waals surface area contributed by atoms with Gasteiger partial charge in [0.15, 0.2) is 0 Å². The number of ether oxygens (including phenoxy) is 1. The van der Waals surface area contributed by atoms with Crippen LogP contribution in [-0.4, -0.2) is 48.8 Å². The van der Waals surface area contributed by atoms with Crippen molar-refractivity contribution >= 4 is 5.91 Å². The lowest BCUT2D eigenvalue weighted by atomic mass is 10.0. The van der Waals surface area contributed by atoms with Crippen molar-refractivity contribution in [3.05, 3.63) is 35.9 Å². The topological polar surface area (TPSA) is 65.6 Å². The summed E-state index contributed by atoms with van der Waals surface area (Å²) in [6.07, 6.45) is 6.44. The summed E-state index contributed by atoms with van der Waals surface area (Å²) >= 11 is 0. The molecule has 1 amide bonds. The molecule has 2 heterocycles. The molecule has 0 spiro atoms. The maximum atomic E-state index is 12.1. The lowest BCUT2D eigenvalue weighted by Crippen LogP contribution is -2.52. The molecule has 3 N–H and O–H groups in total. The molecule has 142 valence electrons. The number of benzene rings is 1. The molecule has 4 rings (SSSR count). The van der Waals surface area contributed by atoms with Gasteiger partial charge >= 0.3 is 0 Å². The van der Waals surface area contributed by atoms with Crippen LogP contribution >= 0.6 is 0 Å². The highest BCUT2D eigenvalue weighted by atomic mass is 16.5. The summed E-state index contributed by atoms with van der Waals surface area (Å²) in [6, 6.07) is 10.9. The van der Waals surface area contributed by atoms with Gasteiger partial charge in [0.2, 0.25) is 5.91 Å². The number of nitrogens with one attached hydrogen (secondary N) is 3. The van der Waals surface area contributed by atoms with Crippen LogP contribution in [0, 0.1) is 5.92 Å². The summed E-state index contributed by atoms with van der Waals surface area (Å²) in [5.41, 5.74) is 8.03. The standard InChI is InChI=1S/C20H30N4O2/c25-20(14-26-13-15-4-2-1-3-5-15)21-17-8-10-24(11-9-17)19-12-18(22-23-19)16-6-7-16/h1-5,16-19,22-23H,6-14H2,(H,21,25). The Morgan fingerprint density at radius 2 is 1.88 bits per heavy atom. The third kappa shape index (κ3) is 4.82. The van der Waals surface area contributed by atoms with Crippen LogP contribution in [0.1, 0.15) is 37.7 Å². The van der Waals surface area contributed by atoms with E-state index in [1.807, 2.05) is 30.3 Å². The van der Waals surface area contributed by atoms with Crippen molar-refractivity contribution in [3.8, 4) is 0 Å². The predicted molar refractivity (Wildman–Crippen MR) is 100 cm³/mol. The first-order chi connectivity index (χ1) is 12.8. The second-order valence-corrected chi connectivity index (χ2v) is 7.84. The number of hydrogen-bond donors (Lipinski definition) is 3. The second-order valence-electron chi connectivity index (χ2n) is 7.84. The van der Waals surface area contributed by atoms with E-state index in [1.54, 1.807) is 0 Å². The number of carbonyl (C=O) groups excluding carboxylic acids is 1. The third-order valence-corrected chi connectivity index (χ3v) is 5.78. The van der Waals surface area contributed by atoms with Crippen molar-refractivity contribution in [2.24, 2.45) is 5.92 Å². The van der Waals surface area contributed by atoms with Crippen LogP contribution in [0.5, 0.6) is 0 Å². The molecule has 0 aromatic heterocycles. The van der Waals surface area contributed by atoms with Gasteiger partial charge in [-0.2, -0.15) is 0 Å². The van der Waals surface area contributed by atoms with Crippen LogP contribution in [0.25, 0.3) is 0 Å². The highest BCUT2D eigenvalue weighted by Crippen LogP contribution is 2.36. The van der Waals surface area contributed by atoms with Crippen molar-refractivity contribution in [3.63, 3.8) is 0 Å².